The fourth-order valence-corrected chi connectivity index (χ4v) is 2.83. The number of rotatable bonds is 7. The molecule has 0 aliphatic carbocycles. The molecule has 6 heteroatoms. The van der Waals surface area contributed by atoms with E-state index in [2.05, 4.69) is 34.6 Å². The zero-order valence-corrected chi connectivity index (χ0v) is 12.7. The van der Waals surface area contributed by atoms with Crippen molar-refractivity contribution in [2.75, 3.05) is 18.1 Å². The van der Waals surface area contributed by atoms with Crippen molar-refractivity contribution in [1.29, 1.82) is 0 Å². The Morgan fingerprint density at radius 3 is 3.05 bits per heavy atom. The van der Waals surface area contributed by atoms with Crippen molar-refractivity contribution in [3.8, 4) is 0 Å². The SMILES string of the molecule is CC(C)CSCCCNC(=O)c1cccc2n[nH]nc12. The Kier molecular flexibility index (Phi) is 5.40. The fourth-order valence-electron chi connectivity index (χ4n) is 1.84. The van der Waals surface area contributed by atoms with Crippen LogP contribution in [-0.4, -0.2) is 39.4 Å². The van der Waals surface area contributed by atoms with Gasteiger partial charge in [0.25, 0.3) is 5.91 Å². The normalized spacial score (nSPS) is 11.2. The molecule has 0 atom stereocenters. The van der Waals surface area contributed by atoms with E-state index in [4.69, 9.17) is 0 Å². The van der Waals surface area contributed by atoms with Crippen LogP contribution in [0.15, 0.2) is 18.2 Å². The molecule has 0 aliphatic rings. The van der Waals surface area contributed by atoms with Gasteiger partial charge in [-0.2, -0.15) is 27.2 Å². The maximum absolute atomic E-state index is 12.1. The molecule has 5 nitrogen and oxygen atoms in total. The number of nitrogens with zero attached hydrogens (tertiary/aromatic N) is 2. The highest BCUT2D eigenvalue weighted by atomic mass is 32.2. The molecule has 0 saturated heterocycles. The van der Waals surface area contributed by atoms with Crippen LogP contribution in [0.3, 0.4) is 0 Å². The molecular formula is C14H20N4OS. The zero-order valence-electron chi connectivity index (χ0n) is 11.8. The van der Waals surface area contributed by atoms with Crippen LogP contribution in [0.2, 0.25) is 0 Å². The van der Waals surface area contributed by atoms with Crippen LogP contribution >= 0.6 is 11.8 Å². The average molecular weight is 292 g/mol. The van der Waals surface area contributed by atoms with E-state index in [1.54, 1.807) is 6.07 Å². The summed E-state index contributed by atoms with van der Waals surface area (Å²) in [4.78, 5) is 12.1. The Hall–Kier alpha value is -1.56. The molecule has 1 aromatic heterocycles. The first-order valence-corrected chi connectivity index (χ1v) is 7.99. The summed E-state index contributed by atoms with van der Waals surface area (Å²) in [7, 11) is 0. The fraction of sp³-hybridized carbons (Fsp3) is 0.500. The number of hydrogen-bond acceptors (Lipinski definition) is 4. The van der Waals surface area contributed by atoms with Gasteiger partial charge in [-0.25, -0.2) is 0 Å². The van der Waals surface area contributed by atoms with E-state index in [-0.39, 0.29) is 5.91 Å². The van der Waals surface area contributed by atoms with E-state index < -0.39 is 0 Å². The zero-order chi connectivity index (χ0) is 14.4. The van der Waals surface area contributed by atoms with Gasteiger partial charge in [0.05, 0.1) is 5.56 Å². The molecule has 2 aromatic rings. The molecule has 2 rings (SSSR count). The lowest BCUT2D eigenvalue weighted by molar-refractivity contribution is 0.0955. The lowest BCUT2D eigenvalue weighted by Gasteiger charge is -2.06. The summed E-state index contributed by atoms with van der Waals surface area (Å²) in [6.45, 7) is 5.12. The molecule has 0 bridgehead atoms. The first kappa shape index (κ1) is 14.8. The summed E-state index contributed by atoms with van der Waals surface area (Å²) < 4.78 is 0. The topological polar surface area (TPSA) is 70.7 Å². The third kappa shape index (κ3) is 3.96. The number of nitrogens with one attached hydrogen (secondary N) is 2. The quantitative estimate of drug-likeness (QED) is 0.769. The molecular weight excluding hydrogens is 272 g/mol. The molecule has 0 aliphatic heterocycles. The van der Waals surface area contributed by atoms with E-state index in [1.165, 1.54) is 5.75 Å². The standard InChI is InChI=1S/C14H20N4OS/c1-10(2)9-20-8-4-7-15-14(19)11-5-3-6-12-13(11)17-18-16-12/h3,5-6,10H,4,7-9H2,1-2H3,(H,15,19)(H,16,17,18). The van der Waals surface area contributed by atoms with E-state index in [9.17, 15) is 4.79 Å². The summed E-state index contributed by atoms with van der Waals surface area (Å²) in [6, 6.07) is 5.42. The van der Waals surface area contributed by atoms with Gasteiger partial charge in [-0.05, 0) is 36.0 Å². The monoisotopic (exact) mass is 292 g/mol. The Morgan fingerprint density at radius 2 is 2.25 bits per heavy atom. The van der Waals surface area contributed by atoms with Gasteiger partial charge in [-0.3, -0.25) is 4.79 Å². The van der Waals surface area contributed by atoms with Crippen LogP contribution in [0.25, 0.3) is 11.0 Å². The van der Waals surface area contributed by atoms with Gasteiger partial charge in [0, 0.05) is 6.54 Å². The third-order valence-electron chi connectivity index (χ3n) is 2.79. The van der Waals surface area contributed by atoms with Gasteiger partial charge in [0.1, 0.15) is 11.0 Å². The molecule has 0 unspecified atom stereocenters. The minimum absolute atomic E-state index is 0.0849. The minimum atomic E-state index is -0.0849. The number of aromatic amines is 1. The van der Waals surface area contributed by atoms with Gasteiger partial charge in [-0.15, -0.1) is 0 Å². The maximum Gasteiger partial charge on any atom is 0.253 e. The Labute approximate surface area is 122 Å². The Morgan fingerprint density at radius 1 is 1.40 bits per heavy atom. The second-order valence-electron chi connectivity index (χ2n) is 5.08. The van der Waals surface area contributed by atoms with E-state index >= 15 is 0 Å². The molecule has 1 heterocycles. The number of benzene rings is 1. The highest BCUT2D eigenvalue weighted by Crippen LogP contribution is 2.13. The largest absolute Gasteiger partial charge is 0.352 e. The second-order valence-corrected chi connectivity index (χ2v) is 6.22. The third-order valence-corrected chi connectivity index (χ3v) is 4.27. The number of H-pyrrole nitrogens is 1. The van der Waals surface area contributed by atoms with Gasteiger partial charge < -0.3 is 5.32 Å². The van der Waals surface area contributed by atoms with E-state index in [0.717, 1.165) is 18.1 Å². The summed E-state index contributed by atoms with van der Waals surface area (Å²) in [5, 5.41) is 13.5. The van der Waals surface area contributed by atoms with Gasteiger partial charge in [0.2, 0.25) is 0 Å². The number of fused-ring (bicyclic) bond motifs is 1. The van der Waals surface area contributed by atoms with Crippen LogP contribution in [0.5, 0.6) is 0 Å². The first-order valence-electron chi connectivity index (χ1n) is 6.84. The predicted octanol–water partition coefficient (Wildman–Crippen LogP) is 2.47. The molecule has 1 aromatic carbocycles. The number of hydrogen-bond donors (Lipinski definition) is 2. The molecule has 2 N–H and O–H groups in total. The minimum Gasteiger partial charge on any atom is -0.352 e. The number of amides is 1. The number of aromatic nitrogens is 3. The Bertz CT molecular complexity index is 567. The van der Waals surface area contributed by atoms with Crippen molar-refractivity contribution >= 4 is 28.7 Å². The predicted molar refractivity (Wildman–Crippen MR) is 83.0 cm³/mol. The summed E-state index contributed by atoms with van der Waals surface area (Å²) in [5.41, 5.74) is 1.91. The summed E-state index contributed by atoms with van der Waals surface area (Å²) in [5.74, 6) is 2.89. The molecule has 0 fully saturated rings. The molecule has 20 heavy (non-hydrogen) atoms. The van der Waals surface area contributed by atoms with Crippen molar-refractivity contribution < 1.29 is 4.79 Å². The smallest absolute Gasteiger partial charge is 0.253 e. The van der Waals surface area contributed by atoms with Crippen LogP contribution < -0.4 is 5.32 Å². The number of carbonyl (C=O) groups is 1. The van der Waals surface area contributed by atoms with Crippen molar-refractivity contribution in [3.05, 3.63) is 23.8 Å². The summed E-state index contributed by atoms with van der Waals surface area (Å²) >= 11 is 1.93. The first-order chi connectivity index (χ1) is 9.68. The Balaban J connectivity index is 1.79. The number of para-hydroxylation sites is 1. The average Bonchev–Trinajstić information content (AvgIpc) is 2.90. The molecule has 0 radical (unpaired) electrons. The molecule has 0 saturated carbocycles. The second kappa shape index (κ2) is 7.28. The highest BCUT2D eigenvalue weighted by Gasteiger charge is 2.11. The van der Waals surface area contributed by atoms with Crippen LogP contribution in [0.4, 0.5) is 0 Å². The van der Waals surface area contributed by atoms with Crippen LogP contribution in [-0.2, 0) is 0 Å². The van der Waals surface area contributed by atoms with E-state index in [0.29, 0.717) is 23.1 Å². The van der Waals surface area contributed by atoms with Crippen molar-refractivity contribution in [3.63, 3.8) is 0 Å². The van der Waals surface area contributed by atoms with Crippen molar-refractivity contribution in [1.82, 2.24) is 20.7 Å². The number of thioether (sulfide) groups is 1. The molecule has 108 valence electrons. The molecule has 1 amide bonds. The van der Waals surface area contributed by atoms with Gasteiger partial charge in [0.15, 0.2) is 0 Å². The van der Waals surface area contributed by atoms with Crippen LogP contribution in [0.1, 0.15) is 30.6 Å². The maximum atomic E-state index is 12.1. The lowest BCUT2D eigenvalue weighted by atomic mass is 10.1. The van der Waals surface area contributed by atoms with Gasteiger partial charge in [-0.1, -0.05) is 19.9 Å². The summed E-state index contributed by atoms with van der Waals surface area (Å²) in [6.07, 6.45) is 0.984. The highest BCUT2D eigenvalue weighted by molar-refractivity contribution is 7.99. The van der Waals surface area contributed by atoms with Crippen LogP contribution in [0, 0.1) is 5.92 Å². The van der Waals surface area contributed by atoms with Crippen molar-refractivity contribution in [2.45, 2.75) is 20.3 Å². The number of carbonyl (C=O) groups excluding carboxylic acids is 1. The van der Waals surface area contributed by atoms with E-state index in [1.807, 2.05) is 23.9 Å². The lowest BCUT2D eigenvalue weighted by Crippen LogP contribution is -2.25. The molecule has 0 spiro atoms. The van der Waals surface area contributed by atoms with Crippen molar-refractivity contribution in [2.24, 2.45) is 5.92 Å². The van der Waals surface area contributed by atoms with Gasteiger partial charge >= 0.3 is 0 Å².